The summed E-state index contributed by atoms with van der Waals surface area (Å²) in [5.74, 6) is 2.26. The van der Waals surface area contributed by atoms with Gasteiger partial charge in [0, 0.05) is 11.3 Å². The van der Waals surface area contributed by atoms with Gasteiger partial charge >= 0.3 is 0 Å². The Hall–Kier alpha value is -0.830. The number of hydrogen-bond donors (Lipinski definition) is 0. The van der Waals surface area contributed by atoms with Crippen molar-refractivity contribution in [3.63, 3.8) is 0 Å². The zero-order valence-corrected chi connectivity index (χ0v) is 9.93. The van der Waals surface area contributed by atoms with E-state index in [-0.39, 0.29) is 0 Å². The van der Waals surface area contributed by atoms with Gasteiger partial charge in [0.1, 0.15) is 5.82 Å². The quantitative estimate of drug-likeness (QED) is 0.736. The van der Waals surface area contributed by atoms with Gasteiger partial charge in [-0.15, -0.1) is 0 Å². The van der Waals surface area contributed by atoms with Gasteiger partial charge < -0.3 is 0 Å². The summed E-state index contributed by atoms with van der Waals surface area (Å²) in [6.45, 7) is 8.82. The average Bonchev–Trinajstić information content (AvgIpc) is 2.59. The van der Waals surface area contributed by atoms with E-state index in [9.17, 15) is 0 Å². The highest BCUT2D eigenvalue weighted by Gasteiger charge is 2.13. The molecule has 0 N–H and O–H groups in total. The van der Waals surface area contributed by atoms with Crippen LogP contribution in [0.3, 0.4) is 0 Å². The second-order valence-electron chi connectivity index (χ2n) is 4.28. The molecule has 2 aromatic heterocycles. The smallest absolute Gasteiger partial charge is 0.125 e. The third-order valence-corrected chi connectivity index (χ3v) is 3.42. The molecule has 2 heterocycles. The van der Waals surface area contributed by atoms with E-state index >= 15 is 0 Å². The number of fused-ring (bicyclic) bond motifs is 1. The van der Waals surface area contributed by atoms with Crippen molar-refractivity contribution in [1.82, 2.24) is 8.77 Å². The summed E-state index contributed by atoms with van der Waals surface area (Å²) in [4.78, 5) is 4.47. The maximum atomic E-state index is 4.47. The fourth-order valence-electron chi connectivity index (χ4n) is 1.64. The normalized spacial score (nSPS) is 12.1. The van der Waals surface area contributed by atoms with E-state index in [0.29, 0.717) is 11.8 Å². The second-order valence-corrected chi connectivity index (χ2v) is 5.10. The molecule has 0 bridgehead atoms. The highest BCUT2D eigenvalue weighted by Crippen LogP contribution is 2.27. The Morgan fingerprint density at radius 1 is 1.21 bits per heavy atom. The molecule has 0 aliphatic rings. The van der Waals surface area contributed by atoms with Gasteiger partial charge in [0.25, 0.3) is 0 Å². The largest absolute Gasteiger partial charge is 0.251 e. The molecule has 0 aliphatic heterocycles. The summed E-state index contributed by atoms with van der Waals surface area (Å²) < 4.78 is 2.25. The first-order valence-corrected chi connectivity index (χ1v) is 5.90. The third kappa shape index (κ3) is 1.36. The Balaban J connectivity index is 2.61. The lowest BCUT2D eigenvalue weighted by Gasteiger charge is -2.00. The fourth-order valence-corrected chi connectivity index (χ4v) is 2.89. The predicted octanol–water partition coefficient (Wildman–Crippen LogP) is 3.64. The van der Waals surface area contributed by atoms with Crippen molar-refractivity contribution in [2.75, 3.05) is 0 Å². The van der Waals surface area contributed by atoms with E-state index in [1.165, 1.54) is 16.9 Å². The van der Waals surface area contributed by atoms with Crippen LogP contribution in [0.5, 0.6) is 0 Å². The number of aromatic nitrogens is 2. The lowest BCUT2D eigenvalue weighted by atomic mass is 10.1. The molecule has 0 aliphatic carbocycles. The van der Waals surface area contributed by atoms with Crippen molar-refractivity contribution >= 4 is 17.0 Å². The molecule has 0 fully saturated rings. The lowest BCUT2D eigenvalue weighted by Crippen LogP contribution is -1.92. The van der Waals surface area contributed by atoms with Crippen LogP contribution in [-0.2, 0) is 0 Å². The van der Waals surface area contributed by atoms with Crippen molar-refractivity contribution in [3.05, 3.63) is 23.0 Å². The molecule has 0 spiro atoms. The van der Waals surface area contributed by atoms with Crippen molar-refractivity contribution in [2.45, 2.75) is 39.5 Å². The van der Waals surface area contributed by atoms with Crippen LogP contribution < -0.4 is 0 Å². The molecular formula is C11H16N2S. The fraction of sp³-hybridized carbons (Fsp3) is 0.545. The summed E-state index contributed by atoms with van der Waals surface area (Å²) >= 11 is 1.76. The van der Waals surface area contributed by atoms with Gasteiger partial charge in [0.15, 0.2) is 0 Å². The van der Waals surface area contributed by atoms with E-state index in [4.69, 9.17) is 0 Å². The van der Waals surface area contributed by atoms with E-state index in [1.807, 2.05) is 6.20 Å². The average molecular weight is 208 g/mol. The summed E-state index contributed by atoms with van der Waals surface area (Å²) in [5.41, 5.74) is 2.70. The minimum Gasteiger partial charge on any atom is -0.251 e. The molecule has 2 aromatic rings. The van der Waals surface area contributed by atoms with Crippen LogP contribution in [0.2, 0.25) is 0 Å². The standard InChI is InChI=1S/C11H16N2S/c1-7(2)9-6-14-13-10(9)5-12-11(13)8(3)4/h5-8H,1-4H3. The van der Waals surface area contributed by atoms with Crippen LogP contribution in [0.25, 0.3) is 5.52 Å². The molecule has 76 valence electrons. The van der Waals surface area contributed by atoms with Gasteiger partial charge in [-0.3, -0.25) is 3.79 Å². The zero-order chi connectivity index (χ0) is 10.3. The SMILES string of the molecule is CC(C)c1csn2c(C(C)C)ncc12. The summed E-state index contributed by atoms with van der Waals surface area (Å²) in [6.07, 6.45) is 2.00. The van der Waals surface area contributed by atoms with E-state index in [0.717, 1.165) is 0 Å². The summed E-state index contributed by atoms with van der Waals surface area (Å²) in [6, 6.07) is 0. The molecule has 0 atom stereocenters. The van der Waals surface area contributed by atoms with Crippen LogP contribution in [-0.4, -0.2) is 8.77 Å². The van der Waals surface area contributed by atoms with Crippen LogP contribution in [0.1, 0.15) is 50.9 Å². The molecule has 2 rings (SSSR count). The van der Waals surface area contributed by atoms with Crippen LogP contribution in [0.15, 0.2) is 11.6 Å². The molecule has 14 heavy (non-hydrogen) atoms. The Bertz CT molecular complexity index is 395. The minimum absolute atomic E-state index is 0.496. The maximum absolute atomic E-state index is 4.47. The molecule has 0 radical (unpaired) electrons. The van der Waals surface area contributed by atoms with Crippen LogP contribution in [0.4, 0.5) is 0 Å². The summed E-state index contributed by atoms with van der Waals surface area (Å²) in [5, 5.41) is 2.24. The van der Waals surface area contributed by atoms with Gasteiger partial charge in [-0.05, 0) is 11.5 Å². The topological polar surface area (TPSA) is 17.3 Å². The second kappa shape index (κ2) is 3.39. The van der Waals surface area contributed by atoms with E-state index in [1.54, 1.807) is 11.5 Å². The van der Waals surface area contributed by atoms with E-state index in [2.05, 4.69) is 41.8 Å². The highest BCUT2D eigenvalue weighted by molar-refractivity contribution is 7.04. The number of nitrogens with zero attached hydrogens (tertiary/aromatic N) is 2. The first-order chi connectivity index (χ1) is 6.61. The molecule has 0 amide bonds. The number of rotatable bonds is 2. The monoisotopic (exact) mass is 208 g/mol. The van der Waals surface area contributed by atoms with Crippen molar-refractivity contribution in [3.8, 4) is 0 Å². The van der Waals surface area contributed by atoms with Crippen LogP contribution in [0, 0.1) is 0 Å². The minimum atomic E-state index is 0.496. The van der Waals surface area contributed by atoms with Crippen molar-refractivity contribution in [1.29, 1.82) is 0 Å². The van der Waals surface area contributed by atoms with Gasteiger partial charge in [0.2, 0.25) is 0 Å². The molecule has 0 unspecified atom stereocenters. The Morgan fingerprint density at radius 3 is 2.50 bits per heavy atom. The van der Waals surface area contributed by atoms with Gasteiger partial charge in [-0.1, -0.05) is 39.2 Å². The lowest BCUT2D eigenvalue weighted by molar-refractivity contribution is 0.787. The Labute approximate surface area is 88.7 Å². The molecule has 3 heteroatoms. The molecule has 2 nitrogen and oxygen atoms in total. The highest BCUT2D eigenvalue weighted by atomic mass is 32.1. The van der Waals surface area contributed by atoms with Gasteiger partial charge in [-0.2, -0.15) is 0 Å². The first kappa shape index (κ1) is 9.71. The van der Waals surface area contributed by atoms with E-state index < -0.39 is 0 Å². The molecular weight excluding hydrogens is 192 g/mol. The van der Waals surface area contributed by atoms with Crippen molar-refractivity contribution in [2.24, 2.45) is 0 Å². The number of imidazole rings is 1. The van der Waals surface area contributed by atoms with Crippen molar-refractivity contribution < 1.29 is 0 Å². The van der Waals surface area contributed by atoms with Crippen LogP contribution >= 0.6 is 11.5 Å². The summed E-state index contributed by atoms with van der Waals surface area (Å²) in [7, 11) is 0. The molecule has 0 saturated carbocycles. The van der Waals surface area contributed by atoms with Gasteiger partial charge in [0.05, 0.1) is 11.7 Å². The Morgan fingerprint density at radius 2 is 1.93 bits per heavy atom. The Kier molecular flexibility index (Phi) is 2.35. The zero-order valence-electron chi connectivity index (χ0n) is 9.11. The first-order valence-electron chi connectivity index (χ1n) is 5.06. The number of hydrogen-bond acceptors (Lipinski definition) is 2. The third-order valence-electron chi connectivity index (χ3n) is 2.47. The molecule has 0 aromatic carbocycles. The maximum Gasteiger partial charge on any atom is 0.125 e. The molecule has 0 saturated heterocycles. The predicted molar refractivity (Wildman–Crippen MR) is 61.2 cm³/mol. The van der Waals surface area contributed by atoms with Gasteiger partial charge in [-0.25, -0.2) is 4.98 Å².